The fourth-order valence-electron chi connectivity index (χ4n) is 4.63. The highest BCUT2D eigenvalue weighted by Gasteiger charge is 2.46. The first-order valence-corrected chi connectivity index (χ1v) is 11.2. The van der Waals surface area contributed by atoms with Gasteiger partial charge in [0, 0.05) is 37.8 Å². The summed E-state index contributed by atoms with van der Waals surface area (Å²) in [5.74, 6) is -0.233. The number of nitrogens with zero attached hydrogens (tertiary/aromatic N) is 5. The smallest absolute Gasteiger partial charge is 0.384 e. The van der Waals surface area contributed by atoms with Gasteiger partial charge in [0.2, 0.25) is 0 Å². The van der Waals surface area contributed by atoms with E-state index in [-0.39, 0.29) is 60.8 Å². The standard InChI is InChI=1S/C24H24F4N6O.2ClH/c1-35-11-9-14-2-3-15-4-6-18(30-21(15)20(14)25)23-32-31-19-7-5-16(12-34(19)23)22(24(26,27)28)33-10-8-17(29)13-33;;/h2-7,12,17,22H,8-11,13,29H2,1H3;2*1H/t17?,22-;;/m1../s1. The van der Waals surface area contributed by atoms with Crippen molar-refractivity contribution in [3.8, 4) is 11.5 Å². The number of rotatable bonds is 6. The number of benzene rings is 1. The number of alkyl halides is 3. The third kappa shape index (κ3) is 5.65. The molecular weight excluding hydrogens is 535 g/mol. The van der Waals surface area contributed by atoms with Crippen molar-refractivity contribution in [2.24, 2.45) is 5.73 Å². The molecule has 13 heteroatoms. The molecule has 2 N–H and O–H groups in total. The third-order valence-electron chi connectivity index (χ3n) is 6.36. The summed E-state index contributed by atoms with van der Waals surface area (Å²) < 4.78 is 63.9. The van der Waals surface area contributed by atoms with E-state index in [1.807, 2.05) is 0 Å². The summed E-state index contributed by atoms with van der Waals surface area (Å²) in [5.41, 5.74) is 7.21. The molecule has 1 aliphatic rings. The van der Waals surface area contributed by atoms with Crippen LogP contribution in [0.1, 0.15) is 23.6 Å². The van der Waals surface area contributed by atoms with Crippen LogP contribution in [-0.4, -0.2) is 63.5 Å². The van der Waals surface area contributed by atoms with Crippen LogP contribution in [0.25, 0.3) is 28.1 Å². The monoisotopic (exact) mass is 560 g/mol. The Hall–Kier alpha value is -2.57. The van der Waals surface area contributed by atoms with Crippen LogP contribution in [0.2, 0.25) is 0 Å². The van der Waals surface area contributed by atoms with E-state index in [0.29, 0.717) is 41.7 Å². The van der Waals surface area contributed by atoms with Crippen molar-refractivity contribution < 1.29 is 22.3 Å². The summed E-state index contributed by atoms with van der Waals surface area (Å²) in [4.78, 5) is 5.81. The largest absolute Gasteiger partial charge is 0.408 e. The lowest BCUT2D eigenvalue weighted by Gasteiger charge is -2.30. The zero-order valence-corrected chi connectivity index (χ0v) is 21.4. The molecule has 3 aromatic heterocycles. The molecule has 0 spiro atoms. The normalized spacial score (nSPS) is 17.1. The number of pyridine rings is 2. The molecule has 0 radical (unpaired) electrons. The Morgan fingerprint density at radius 3 is 2.54 bits per heavy atom. The van der Waals surface area contributed by atoms with E-state index < -0.39 is 18.0 Å². The molecule has 1 saturated heterocycles. The van der Waals surface area contributed by atoms with Crippen LogP contribution in [0.5, 0.6) is 0 Å². The van der Waals surface area contributed by atoms with E-state index >= 15 is 4.39 Å². The molecule has 1 aromatic carbocycles. The molecule has 0 bridgehead atoms. The van der Waals surface area contributed by atoms with Crippen LogP contribution in [0.15, 0.2) is 42.6 Å². The van der Waals surface area contributed by atoms with E-state index in [2.05, 4.69) is 15.2 Å². The summed E-state index contributed by atoms with van der Waals surface area (Å²) in [6, 6.07) is 7.63. The van der Waals surface area contributed by atoms with Crippen LogP contribution in [0.3, 0.4) is 0 Å². The number of ether oxygens (including phenoxy) is 1. The van der Waals surface area contributed by atoms with Gasteiger partial charge in [-0.1, -0.05) is 24.3 Å². The number of aromatic nitrogens is 4. The zero-order valence-electron chi connectivity index (χ0n) is 19.8. The molecule has 1 unspecified atom stereocenters. The molecule has 37 heavy (non-hydrogen) atoms. The molecule has 1 fully saturated rings. The van der Waals surface area contributed by atoms with Crippen molar-refractivity contribution in [2.45, 2.75) is 31.1 Å². The maximum Gasteiger partial charge on any atom is 0.408 e. The summed E-state index contributed by atoms with van der Waals surface area (Å²) in [6.45, 7) is 0.783. The zero-order chi connectivity index (χ0) is 24.7. The predicted octanol–water partition coefficient (Wildman–Crippen LogP) is 4.75. The van der Waals surface area contributed by atoms with Crippen LogP contribution in [0.4, 0.5) is 17.6 Å². The van der Waals surface area contributed by atoms with Gasteiger partial charge in [-0.3, -0.25) is 9.30 Å². The molecule has 1 aliphatic heterocycles. The van der Waals surface area contributed by atoms with Gasteiger partial charge in [-0.2, -0.15) is 13.2 Å². The van der Waals surface area contributed by atoms with Gasteiger partial charge < -0.3 is 10.5 Å². The van der Waals surface area contributed by atoms with E-state index in [1.54, 1.807) is 31.4 Å². The fourth-order valence-corrected chi connectivity index (χ4v) is 4.63. The molecule has 5 rings (SSSR count). The second-order valence-electron chi connectivity index (χ2n) is 8.75. The van der Waals surface area contributed by atoms with Crippen molar-refractivity contribution in [3.05, 3.63) is 59.5 Å². The summed E-state index contributed by atoms with van der Waals surface area (Å²) in [6.07, 6.45) is -2.22. The maximum absolute atomic E-state index is 15.1. The Labute approximate surface area is 222 Å². The second kappa shape index (κ2) is 11.4. The van der Waals surface area contributed by atoms with E-state index in [0.717, 1.165) is 0 Å². The number of hydrogen-bond acceptors (Lipinski definition) is 6. The van der Waals surface area contributed by atoms with Crippen LogP contribution >= 0.6 is 24.8 Å². The Bertz CT molecular complexity index is 1380. The Balaban J connectivity index is 0.00000190. The molecule has 0 saturated carbocycles. The average Bonchev–Trinajstić information content (AvgIpc) is 3.44. The first-order valence-electron chi connectivity index (χ1n) is 11.2. The predicted molar refractivity (Wildman–Crippen MR) is 137 cm³/mol. The van der Waals surface area contributed by atoms with E-state index in [9.17, 15) is 13.2 Å². The number of halogens is 6. The lowest BCUT2D eigenvalue weighted by atomic mass is 10.1. The van der Waals surface area contributed by atoms with E-state index in [1.165, 1.54) is 27.6 Å². The minimum atomic E-state index is -4.49. The molecule has 200 valence electrons. The lowest BCUT2D eigenvalue weighted by Crippen LogP contribution is -2.38. The van der Waals surface area contributed by atoms with E-state index in [4.69, 9.17) is 10.5 Å². The maximum atomic E-state index is 15.1. The third-order valence-corrected chi connectivity index (χ3v) is 6.36. The number of fused-ring (bicyclic) bond motifs is 2. The van der Waals surface area contributed by atoms with Gasteiger partial charge in [-0.25, -0.2) is 9.37 Å². The van der Waals surface area contributed by atoms with Gasteiger partial charge in [0.15, 0.2) is 17.3 Å². The Kier molecular flexibility index (Phi) is 8.97. The highest BCUT2D eigenvalue weighted by atomic mass is 35.5. The first-order chi connectivity index (χ1) is 16.8. The quantitative estimate of drug-likeness (QED) is 0.343. The van der Waals surface area contributed by atoms with Gasteiger partial charge in [0.1, 0.15) is 17.3 Å². The average molecular weight is 561 g/mol. The number of likely N-dealkylation sites (tertiary alicyclic amines) is 1. The SMILES string of the molecule is COCCc1ccc2ccc(-c3nnc4ccc([C@@H](N5CCC(N)C5)C(F)(F)F)cn34)nc2c1F.Cl.Cl. The highest BCUT2D eigenvalue weighted by molar-refractivity contribution is 5.85. The summed E-state index contributed by atoms with van der Waals surface area (Å²) in [7, 11) is 1.54. The van der Waals surface area contributed by atoms with Crippen molar-refractivity contribution in [1.82, 2.24) is 24.5 Å². The molecule has 0 aliphatic carbocycles. The van der Waals surface area contributed by atoms with Crippen molar-refractivity contribution in [3.63, 3.8) is 0 Å². The lowest BCUT2D eigenvalue weighted by molar-refractivity contribution is -0.183. The minimum absolute atomic E-state index is 0. The van der Waals surface area contributed by atoms with Crippen LogP contribution in [0, 0.1) is 5.82 Å². The fraction of sp³-hybridized carbons (Fsp3) is 0.375. The Morgan fingerprint density at radius 2 is 1.86 bits per heavy atom. The van der Waals surface area contributed by atoms with Gasteiger partial charge in [0.05, 0.1) is 6.61 Å². The Morgan fingerprint density at radius 1 is 1.11 bits per heavy atom. The number of nitrogens with two attached hydrogens (primary N) is 1. The second-order valence-corrected chi connectivity index (χ2v) is 8.75. The molecule has 2 atom stereocenters. The molecule has 4 aromatic rings. The number of hydrogen-bond donors (Lipinski definition) is 1. The summed E-state index contributed by atoms with van der Waals surface area (Å²) >= 11 is 0. The van der Waals surface area contributed by atoms with Gasteiger partial charge in [-0.05, 0) is 36.1 Å². The summed E-state index contributed by atoms with van der Waals surface area (Å²) in [5, 5.41) is 8.82. The highest BCUT2D eigenvalue weighted by Crippen LogP contribution is 2.39. The van der Waals surface area contributed by atoms with Crippen molar-refractivity contribution in [1.29, 1.82) is 0 Å². The first kappa shape index (κ1) is 29.0. The topological polar surface area (TPSA) is 81.6 Å². The molecule has 0 amide bonds. The van der Waals surface area contributed by atoms with Crippen molar-refractivity contribution >= 4 is 41.4 Å². The molecule has 7 nitrogen and oxygen atoms in total. The van der Waals surface area contributed by atoms with Crippen LogP contribution < -0.4 is 5.73 Å². The van der Waals surface area contributed by atoms with Crippen molar-refractivity contribution in [2.75, 3.05) is 26.8 Å². The van der Waals surface area contributed by atoms with Gasteiger partial charge in [-0.15, -0.1) is 35.0 Å². The molecule has 4 heterocycles. The molecular formula is C24H26Cl2F4N6O. The van der Waals surface area contributed by atoms with Crippen LogP contribution in [-0.2, 0) is 11.2 Å². The minimum Gasteiger partial charge on any atom is -0.384 e. The number of methoxy groups -OCH3 is 1. The van der Waals surface area contributed by atoms with Gasteiger partial charge >= 0.3 is 6.18 Å². The van der Waals surface area contributed by atoms with Gasteiger partial charge in [0.25, 0.3) is 0 Å².